The van der Waals surface area contributed by atoms with Gasteiger partial charge in [0.2, 0.25) is 0 Å². The average Bonchev–Trinajstić information content (AvgIpc) is 3.88. The van der Waals surface area contributed by atoms with Crippen molar-refractivity contribution >= 4 is 39.5 Å². The maximum absolute atomic E-state index is 7.48. The second-order valence-electron chi connectivity index (χ2n) is 17.1. The van der Waals surface area contributed by atoms with Crippen molar-refractivity contribution in [3.8, 4) is 22.8 Å². The van der Waals surface area contributed by atoms with Crippen LogP contribution in [0.4, 0.5) is 0 Å². The highest BCUT2D eigenvalue weighted by Crippen LogP contribution is 2.66. The topological polar surface area (TPSA) is 43.6 Å². The highest BCUT2D eigenvalue weighted by Gasteiger charge is 2.56. The van der Waals surface area contributed by atoms with Crippen molar-refractivity contribution in [3.63, 3.8) is 0 Å². The molecule has 4 aliphatic carbocycles. The van der Waals surface area contributed by atoms with E-state index in [1.54, 1.807) is 12.3 Å². The Hall–Kier alpha value is -7.04. The largest absolute Gasteiger partial charge is 0.464 e. The number of benzene rings is 4. The number of ether oxygens (including phenoxy) is 2. The van der Waals surface area contributed by atoms with Gasteiger partial charge in [-0.25, -0.2) is 0 Å². The van der Waals surface area contributed by atoms with Crippen molar-refractivity contribution in [2.45, 2.75) is 44.9 Å². The van der Waals surface area contributed by atoms with Crippen molar-refractivity contribution in [1.29, 1.82) is 0 Å². The molecule has 4 nitrogen and oxygen atoms in total. The zero-order chi connectivity index (χ0) is 41.4. The number of hydrogen-bond acceptors (Lipinski definition) is 4. The third-order valence-corrected chi connectivity index (χ3v) is 13.4. The lowest BCUT2D eigenvalue weighted by Crippen LogP contribution is -2.29. The van der Waals surface area contributed by atoms with Crippen molar-refractivity contribution < 1.29 is 13.9 Å². The van der Waals surface area contributed by atoms with Crippen molar-refractivity contribution in [2.24, 2.45) is 11.8 Å². The molecular formula is C57H47NO3. The molecule has 4 aromatic carbocycles. The molecule has 3 heterocycles. The minimum Gasteiger partial charge on any atom is -0.464 e. The Morgan fingerprint density at radius 1 is 0.836 bits per heavy atom. The van der Waals surface area contributed by atoms with Crippen LogP contribution in [0.15, 0.2) is 187 Å². The number of fused-ring (bicyclic) bond motifs is 12. The zero-order valence-electron chi connectivity index (χ0n) is 34.7. The van der Waals surface area contributed by atoms with Crippen LogP contribution < -0.4 is 14.8 Å². The van der Waals surface area contributed by atoms with Gasteiger partial charge in [0, 0.05) is 50.2 Å². The van der Waals surface area contributed by atoms with E-state index in [2.05, 4.69) is 123 Å². The fourth-order valence-electron chi connectivity index (χ4n) is 10.6. The van der Waals surface area contributed by atoms with E-state index in [1.807, 2.05) is 36.4 Å². The monoisotopic (exact) mass is 793 g/mol. The molecular weight excluding hydrogens is 747 g/mol. The first-order valence-corrected chi connectivity index (χ1v) is 21.5. The number of hydrogen-bond donors (Lipinski definition) is 1. The molecule has 298 valence electrons. The van der Waals surface area contributed by atoms with Crippen molar-refractivity contribution in [3.05, 3.63) is 221 Å². The van der Waals surface area contributed by atoms with E-state index in [0.29, 0.717) is 23.3 Å². The van der Waals surface area contributed by atoms with Gasteiger partial charge in [0.05, 0.1) is 17.2 Å². The number of rotatable bonds is 5. The Balaban J connectivity index is 1.31. The molecule has 0 radical (unpaired) electrons. The van der Waals surface area contributed by atoms with E-state index in [1.165, 1.54) is 28.0 Å². The highest BCUT2D eigenvalue weighted by molar-refractivity contribution is 6.04. The molecule has 0 saturated heterocycles. The Bertz CT molecular complexity index is 3040. The second-order valence-corrected chi connectivity index (χ2v) is 17.1. The van der Waals surface area contributed by atoms with Crippen LogP contribution in [0.5, 0.6) is 11.5 Å². The van der Waals surface area contributed by atoms with Gasteiger partial charge in [-0.1, -0.05) is 143 Å². The molecule has 1 N–H and O–H groups in total. The SMILES string of the molecule is C=C/C=C\c1c(-c2cc3c(c4c2O/C=C\C=C/C4=C)C2=C(/C=C(/NC4=CCC(C)CC4)C(=C)c4ccccc4O2)C32C3=C(c4ccccc42)C(C)CC=C3)oc2ccccc12. The number of furan rings is 1. The molecule has 0 saturated carbocycles. The quantitative estimate of drug-likeness (QED) is 0.180. The van der Waals surface area contributed by atoms with E-state index in [-0.39, 0.29) is 0 Å². The van der Waals surface area contributed by atoms with Crippen LogP contribution in [0.3, 0.4) is 0 Å². The molecule has 1 aromatic heterocycles. The third kappa shape index (κ3) is 5.51. The Labute approximate surface area is 358 Å². The van der Waals surface area contributed by atoms with Gasteiger partial charge in [0.1, 0.15) is 28.6 Å². The summed E-state index contributed by atoms with van der Waals surface area (Å²) in [5.41, 5.74) is 15.7. The molecule has 0 bridgehead atoms. The van der Waals surface area contributed by atoms with Gasteiger partial charge in [-0.05, 0) is 101 Å². The normalized spacial score (nSPS) is 24.2. The number of allylic oxidation sites excluding steroid dienone is 15. The van der Waals surface area contributed by atoms with Gasteiger partial charge in [0.25, 0.3) is 0 Å². The van der Waals surface area contributed by atoms with Crippen molar-refractivity contribution in [2.75, 3.05) is 0 Å². The van der Waals surface area contributed by atoms with E-state index < -0.39 is 5.41 Å². The molecule has 6 aliphatic rings. The van der Waals surface area contributed by atoms with Gasteiger partial charge in [-0.2, -0.15) is 0 Å². The molecule has 0 fully saturated rings. The van der Waals surface area contributed by atoms with Crippen molar-refractivity contribution in [1.82, 2.24) is 5.32 Å². The maximum Gasteiger partial charge on any atom is 0.146 e. The number of nitrogens with one attached hydrogen (secondary N) is 1. The second kappa shape index (κ2) is 14.3. The summed E-state index contributed by atoms with van der Waals surface area (Å²) < 4.78 is 21.2. The van der Waals surface area contributed by atoms with E-state index in [4.69, 9.17) is 27.0 Å². The van der Waals surface area contributed by atoms with Crippen LogP contribution >= 0.6 is 0 Å². The van der Waals surface area contributed by atoms with Gasteiger partial charge in [-0.3, -0.25) is 0 Å². The molecule has 11 rings (SSSR count). The van der Waals surface area contributed by atoms with Gasteiger partial charge >= 0.3 is 0 Å². The predicted molar refractivity (Wildman–Crippen MR) is 251 cm³/mol. The summed E-state index contributed by atoms with van der Waals surface area (Å²) in [7, 11) is 0. The molecule has 2 aliphatic heterocycles. The molecule has 3 unspecified atom stereocenters. The number of para-hydroxylation sites is 2. The Morgan fingerprint density at radius 2 is 1.66 bits per heavy atom. The van der Waals surface area contributed by atoms with Crippen LogP contribution in [-0.4, -0.2) is 0 Å². The lowest BCUT2D eigenvalue weighted by molar-refractivity contribution is 0.476. The fraction of sp³-hybridized carbons (Fsp3) is 0.158. The van der Waals surface area contributed by atoms with E-state index >= 15 is 0 Å². The molecule has 5 aromatic rings. The molecule has 4 heteroatoms. The average molecular weight is 794 g/mol. The van der Waals surface area contributed by atoms with Crippen LogP contribution in [0.2, 0.25) is 0 Å². The molecule has 61 heavy (non-hydrogen) atoms. The minimum atomic E-state index is -0.786. The predicted octanol–water partition coefficient (Wildman–Crippen LogP) is 14.4. The smallest absolute Gasteiger partial charge is 0.146 e. The summed E-state index contributed by atoms with van der Waals surface area (Å²) in [6, 6.07) is 27.8. The van der Waals surface area contributed by atoms with E-state index in [9.17, 15) is 0 Å². The molecule has 0 amide bonds. The first-order valence-electron chi connectivity index (χ1n) is 21.5. The van der Waals surface area contributed by atoms with Crippen LogP contribution in [0.25, 0.3) is 50.8 Å². The zero-order valence-corrected chi connectivity index (χ0v) is 34.7. The molecule has 1 spiro atoms. The Kier molecular flexibility index (Phi) is 8.68. The maximum atomic E-state index is 7.48. The van der Waals surface area contributed by atoms with Gasteiger partial charge < -0.3 is 19.2 Å². The summed E-state index contributed by atoms with van der Waals surface area (Å²) in [4.78, 5) is 0. The fourth-order valence-corrected chi connectivity index (χ4v) is 10.6. The van der Waals surface area contributed by atoms with Crippen LogP contribution in [0.1, 0.15) is 78.5 Å². The summed E-state index contributed by atoms with van der Waals surface area (Å²) >= 11 is 0. The Morgan fingerprint density at radius 3 is 2.51 bits per heavy atom. The standard InChI is InChI=1S/C57H47NO3/c1-6-7-19-41-40-21-10-13-26-50(40)60-54(41)43-32-46-53(52-36(4)17-14-15-31-59-55(43)52)56-47(57(46)44-23-11-8-22-42(44)51-35(3)18-16-24-45(51)57)33-48(58-38-29-27-34(2)28-30-38)37(5)39-20-9-12-25-49(39)61-56/h6-17,19-26,29,31-35,58H,1,4-5,18,27-28,30H2,2-3H3/b17-14-,19-7-,31-15-,48-33+. The van der Waals surface area contributed by atoms with Gasteiger partial charge in [0.15, 0.2) is 0 Å². The summed E-state index contributed by atoms with van der Waals surface area (Å²) in [5.74, 6) is 3.84. The minimum absolute atomic E-state index is 0.302. The lowest BCUT2D eigenvalue weighted by Gasteiger charge is -2.35. The first-order chi connectivity index (χ1) is 29.9. The summed E-state index contributed by atoms with van der Waals surface area (Å²) in [6.07, 6.45) is 27.1. The molecule has 3 atom stereocenters. The highest BCUT2D eigenvalue weighted by atomic mass is 16.5. The van der Waals surface area contributed by atoms with Crippen LogP contribution in [0, 0.1) is 11.8 Å². The third-order valence-electron chi connectivity index (χ3n) is 13.4. The summed E-state index contributed by atoms with van der Waals surface area (Å²) in [6.45, 7) is 18.2. The van der Waals surface area contributed by atoms with Gasteiger partial charge in [-0.15, -0.1) is 0 Å². The van der Waals surface area contributed by atoms with E-state index in [0.717, 1.165) is 104 Å². The van der Waals surface area contributed by atoms with Crippen LogP contribution in [-0.2, 0) is 5.41 Å². The first kappa shape index (κ1) is 37.0. The summed E-state index contributed by atoms with van der Waals surface area (Å²) in [5, 5.41) is 4.97. The lowest BCUT2D eigenvalue weighted by atomic mass is 9.67.